The van der Waals surface area contributed by atoms with Crippen molar-refractivity contribution < 1.29 is 9.47 Å². The number of nitrogens with zero attached hydrogens (tertiary/aromatic N) is 1. The van der Waals surface area contributed by atoms with E-state index in [1.807, 2.05) is 55.5 Å². The number of methoxy groups -OCH3 is 1. The Kier molecular flexibility index (Phi) is 5.64. The van der Waals surface area contributed by atoms with Crippen LogP contribution < -0.4 is 14.9 Å². The zero-order valence-electron chi connectivity index (χ0n) is 12.4. The van der Waals surface area contributed by atoms with Crippen molar-refractivity contribution in [3.05, 3.63) is 59.7 Å². The van der Waals surface area contributed by atoms with Crippen molar-refractivity contribution >= 4 is 6.21 Å². The highest BCUT2D eigenvalue weighted by Crippen LogP contribution is 2.16. The van der Waals surface area contributed by atoms with Crippen molar-refractivity contribution in [3.8, 4) is 11.5 Å². The van der Waals surface area contributed by atoms with Crippen LogP contribution in [0.15, 0.2) is 53.6 Å². The quantitative estimate of drug-likeness (QED) is 0.627. The molecule has 4 heteroatoms. The van der Waals surface area contributed by atoms with E-state index >= 15 is 0 Å². The van der Waals surface area contributed by atoms with Crippen molar-refractivity contribution in [1.29, 1.82) is 0 Å². The highest BCUT2D eigenvalue weighted by atomic mass is 16.5. The number of hydrogen-bond donors (Lipinski definition) is 1. The Morgan fingerprint density at radius 1 is 1.10 bits per heavy atom. The summed E-state index contributed by atoms with van der Waals surface area (Å²) in [5.41, 5.74) is 5.12. The topological polar surface area (TPSA) is 42.8 Å². The second-order valence-corrected chi connectivity index (χ2v) is 4.41. The third kappa shape index (κ3) is 4.53. The minimum atomic E-state index is 0.623. The van der Waals surface area contributed by atoms with Crippen LogP contribution in [-0.2, 0) is 6.54 Å². The molecule has 0 saturated heterocycles. The summed E-state index contributed by atoms with van der Waals surface area (Å²) in [5, 5.41) is 4.22. The van der Waals surface area contributed by atoms with Gasteiger partial charge in [-0.05, 0) is 42.8 Å². The van der Waals surface area contributed by atoms with Gasteiger partial charge in [0.15, 0.2) is 0 Å². The number of benzene rings is 2. The molecule has 110 valence electrons. The number of rotatable bonds is 7. The van der Waals surface area contributed by atoms with Gasteiger partial charge in [-0.1, -0.05) is 18.2 Å². The molecule has 0 spiro atoms. The Morgan fingerprint density at radius 2 is 1.86 bits per heavy atom. The smallest absolute Gasteiger partial charge is 0.123 e. The van der Waals surface area contributed by atoms with Gasteiger partial charge in [0.2, 0.25) is 0 Å². The Labute approximate surface area is 125 Å². The number of ether oxygens (including phenoxy) is 2. The first-order valence-corrected chi connectivity index (χ1v) is 6.94. The standard InChI is InChI=1S/C17H20N2O2/c1-3-21-16-10-8-14(9-11-16)12-18-19-13-15-6-4-5-7-17(15)20-2/h4-12,19H,3,13H2,1-2H3/b18-12+. The maximum Gasteiger partial charge on any atom is 0.123 e. The lowest BCUT2D eigenvalue weighted by atomic mass is 10.2. The molecule has 0 unspecified atom stereocenters. The van der Waals surface area contributed by atoms with Crippen LogP contribution in [0.1, 0.15) is 18.1 Å². The summed E-state index contributed by atoms with van der Waals surface area (Å²) in [6.45, 7) is 3.27. The number of hydrogen-bond acceptors (Lipinski definition) is 4. The van der Waals surface area contributed by atoms with E-state index in [-0.39, 0.29) is 0 Å². The van der Waals surface area contributed by atoms with E-state index in [0.717, 1.165) is 22.6 Å². The van der Waals surface area contributed by atoms with Gasteiger partial charge in [-0.15, -0.1) is 0 Å². The van der Waals surface area contributed by atoms with Crippen molar-refractivity contribution in [3.63, 3.8) is 0 Å². The molecule has 0 heterocycles. The van der Waals surface area contributed by atoms with E-state index in [1.165, 1.54) is 0 Å². The van der Waals surface area contributed by atoms with Crippen LogP contribution in [0.5, 0.6) is 11.5 Å². The maximum absolute atomic E-state index is 5.40. The van der Waals surface area contributed by atoms with E-state index in [1.54, 1.807) is 13.3 Å². The number of hydrazone groups is 1. The molecule has 2 aromatic rings. The number of para-hydroxylation sites is 1. The fourth-order valence-electron chi connectivity index (χ4n) is 1.92. The zero-order chi connectivity index (χ0) is 14.9. The second-order valence-electron chi connectivity index (χ2n) is 4.41. The minimum Gasteiger partial charge on any atom is -0.496 e. The summed E-state index contributed by atoms with van der Waals surface area (Å²) in [6.07, 6.45) is 1.78. The Morgan fingerprint density at radius 3 is 2.57 bits per heavy atom. The summed E-state index contributed by atoms with van der Waals surface area (Å²) < 4.78 is 10.7. The monoisotopic (exact) mass is 284 g/mol. The molecule has 2 aromatic carbocycles. The van der Waals surface area contributed by atoms with Gasteiger partial charge in [0, 0.05) is 5.56 Å². The molecule has 0 aliphatic carbocycles. The van der Waals surface area contributed by atoms with Gasteiger partial charge in [0.25, 0.3) is 0 Å². The Bertz CT molecular complexity index is 580. The van der Waals surface area contributed by atoms with E-state index in [0.29, 0.717) is 13.2 Å². The summed E-state index contributed by atoms with van der Waals surface area (Å²) in [5.74, 6) is 1.73. The lowest BCUT2D eigenvalue weighted by Crippen LogP contribution is -2.06. The molecule has 0 aliphatic heterocycles. The van der Waals surface area contributed by atoms with Gasteiger partial charge in [-0.25, -0.2) is 0 Å². The molecule has 1 N–H and O–H groups in total. The fraction of sp³-hybridized carbons (Fsp3) is 0.235. The van der Waals surface area contributed by atoms with Crippen molar-refractivity contribution in [2.75, 3.05) is 13.7 Å². The Balaban J connectivity index is 1.87. The maximum atomic E-state index is 5.40. The molecule has 4 nitrogen and oxygen atoms in total. The lowest BCUT2D eigenvalue weighted by Gasteiger charge is -2.07. The van der Waals surface area contributed by atoms with Gasteiger partial charge in [0.1, 0.15) is 11.5 Å². The molecular weight excluding hydrogens is 264 g/mol. The van der Waals surface area contributed by atoms with Crippen molar-refractivity contribution in [2.24, 2.45) is 5.10 Å². The van der Waals surface area contributed by atoms with Gasteiger partial charge >= 0.3 is 0 Å². The third-order valence-corrected chi connectivity index (χ3v) is 2.96. The van der Waals surface area contributed by atoms with Crippen LogP contribution in [0.2, 0.25) is 0 Å². The summed E-state index contributed by atoms with van der Waals surface area (Å²) >= 11 is 0. The van der Waals surface area contributed by atoms with Gasteiger partial charge in [-0.3, -0.25) is 0 Å². The SMILES string of the molecule is CCOc1ccc(/C=N/NCc2ccccc2OC)cc1. The third-order valence-electron chi connectivity index (χ3n) is 2.96. The first kappa shape index (κ1) is 14.9. The highest BCUT2D eigenvalue weighted by molar-refractivity contribution is 5.79. The molecule has 0 amide bonds. The van der Waals surface area contributed by atoms with E-state index in [9.17, 15) is 0 Å². The molecular formula is C17H20N2O2. The van der Waals surface area contributed by atoms with Crippen molar-refractivity contribution in [2.45, 2.75) is 13.5 Å². The van der Waals surface area contributed by atoms with Crippen LogP contribution in [0.3, 0.4) is 0 Å². The van der Waals surface area contributed by atoms with E-state index in [4.69, 9.17) is 9.47 Å². The predicted octanol–water partition coefficient (Wildman–Crippen LogP) is 3.22. The largest absolute Gasteiger partial charge is 0.496 e. The average Bonchev–Trinajstić information content (AvgIpc) is 2.54. The van der Waals surface area contributed by atoms with Crippen molar-refractivity contribution in [1.82, 2.24) is 5.43 Å². The number of nitrogens with one attached hydrogen (secondary N) is 1. The molecule has 2 rings (SSSR count). The average molecular weight is 284 g/mol. The highest BCUT2D eigenvalue weighted by Gasteiger charge is 1.99. The summed E-state index contributed by atoms with van der Waals surface area (Å²) in [4.78, 5) is 0. The van der Waals surface area contributed by atoms with Crippen LogP contribution in [0.25, 0.3) is 0 Å². The predicted molar refractivity (Wildman–Crippen MR) is 85.0 cm³/mol. The van der Waals surface area contributed by atoms with Crippen LogP contribution >= 0.6 is 0 Å². The van der Waals surface area contributed by atoms with Gasteiger partial charge in [-0.2, -0.15) is 5.10 Å². The zero-order valence-corrected chi connectivity index (χ0v) is 12.4. The first-order valence-electron chi connectivity index (χ1n) is 6.94. The van der Waals surface area contributed by atoms with Crippen LogP contribution in [-0.4, -0.2) is 19.9 Å². The van der Waals surface area contributed by atoms with Crippen LogP contribution in [0, 0.1) is 0 Å². The minimum absolute atomic E-state index is 0.623. The molecule has 0 atom stereocenters. The molecule has 0 radical (unpaired) electrons. The first-order chi connectivity index (χ1) is 10.3. The molecule has 0 aliphatic rings. The summed E-state index contributed by atoms with van der Waals surface area (Å²) in [7, 11) is 1.67. The Hall–Kier alpha value is -2.49. The van der Waals surface area contributed by atoms with Gasteiger partial charge in [0.05, 0.1) is 26.5 Å². The lowest BCUT2D eigenvalue weighted by molar-refractivity contribution is 0.340. The normalized spacial score (nSPS) is 10.6. The molecule has 0 saturated carbocycles. The fourth-order valence-corrected chi connectivity index (χ4v) is 1.92. The van der Waals surface area contributed by atoms with Gasteiger partial charge < -0.3 is 14.9 Å². The molecule has 0 fully saturated rings. The van der Waals surface area contributed by atoms with E-state index in [2.05, 4.69) is 10.5 Å². The van der Waals surface area contributed by atoms with E-state index < -0.39 is 0 Å². The molecule has 0 aromatic heterocycles. The molecule has 0 bridgehead atoms. The van der Waals surface area contributed by atoms with Crippen LogP contribution in [0.4, 0.5) is 0 Å². The summed E-state index contributed by atoms with van der Waals surface area (Å²) in [6, 6.07) is 15.7. The second kappa shape index (κ2) is 7.94. The molecule has 21 heavy (non-hydrogen) atoms.